The Balaban J connectivity index is 1.60. The minimum Gasteiger partial charge on any atom is -0.449 e. The van der Waals surface area contributed by atoms with Gasteiger partial charge < -0.3 is 15.4 Å². The number of benzene rings is 2. The van der Waals surface area contributed by atoms with Crippen molar-refractivity contribution in [1.29, 1.82) is 0 Å². The number of hydrogen-bond acceptors (Lipinski definition) is 5. The van der Waals surface area contributed by atoms with E-state index in [1.807, 2.05) is 50.2 Å². The number of aliphatic imine (C=N–C) groups is 1. The molecule has 0 fully saturated rings. The Bertz CT molecular complexity index is 936. The van der Waals surface area contributed by atoms with E-state index in [-0.39, 0.29) is 18.4 Å². The topological polar surface area (TPSA) is 96.9 Å². The molecule has 2 N–H and O–H groups in total. The summed E-state index contributed by atoms with van der Waals surface area (Å²) >= 11 is 0. The second-order valence-corrected chi connectivity index (χ2v) is 7.61. The number of amides is 2. The number of carbonyl (C=O) groups is 2. The molecule has 0 unspecified atom stereocenters. The SMILES string of the molecule is CC(C)[C@@H](N=C=O)NC(=O)[C@H](C)NC(=O)OCC1c2ccccc2-c2ccccc21. The second kappa shape index (κ2) is 9.37. The molecule has 1 aliphatic rings. The van der Waals surface area contributed by atoms with E-state index in [1.54, 1.807) is 6.92 Å². The molecular formula is C23H25N3O4. The van der Waals surface area contributed by atoms with Gasteiger partial charge in [-0.15, -0.1) is 0 Å². The van der Waals surface area contributed by atoms with E-state index in [1.165, 1.54) is 6.08 Å². The van der Waals surface area contributed by atoms with E-state index in [4.69, 9.17) is 4.74 Å². The highest BCUT2D eigenvalue weighted by Gasteiger charge is 2.29. The number of rotatable bonds is 7. The predicted octanol–water partition coefficient (Wildman–Crippen LogP) is 3.35. The maximum atomic E-state index is 12.3. The van der Waals surface area contributed by atoms with Crippen LogP contribution in [0.25, 0.3) is 11.1 Å². The molecule has 2 amide bonds. The molecule has 2 atom stereocenters. The van der Waals surface area contributed by atoms with Crippen LogP contribution in [0, 0.1) is 5.92 Å². The van der Waals surface area contributed by atoms with E-state index >= 15 is 0 Å². The summed E-state index contributed by atoms with van der Waals surface area (Å²) in [7, 11) is 0. The zero-order valence-corrected chi connectivity index (χ0v) is 17.2. The molecule has 1 aliphatic carbocycles. The molecule has 0 aromatic heterocycles. The van der Waals surface area contributed by atoms with Crippen molar-refractivity contribution < 1.29 is 19.1 Å². The average molecular weight is 407 g/mol. The van der Waals surface area contributed by atoms with Crippen LogP contribution in [0.4, 0.5) is 4.79 Å². The Morgan fingerprint density at radius 3 is 2.10 bits per heavy atom. The van der Waals surface area contributed by atoms with E-state index in [0.717, 1.165) is 22.3 Å². The molecule has 0 spiro atoms. The second-order valence-electron chi connectivity index (χ2n) is 7.61. The maximum absolute atomic E-state index is 12.3. The molecule has 0 saturated carbocycles. The monoisotopic (exact) mass is 407 g/mol. The van der Waals surface area contributed by atoms with Gasteiger partial charge in [-0.25, -0.2) is 9.59 Å². The van der Waals surface area contributed by atoms with Crippen LogP contribution in [0.3, 0.4) is 0 Å². The van der Waals surface area contributed by atoms with Gasteiger partial charge in [-0.2, -0.15) is 4.99 Å². The lowest BCUT2D eigenvalue weighted by atomic mass is 9.98. The Labute approximate surface area is 175 Å². The van der Waals surface area contributed by atoms with Crippen molar-refractivity contribution in [2.24, 2.45) is 10.9 Å². The highest BCUT2D eigenvalue weighted by Crippen LogP contribution is 2.44. The molecular weight excluding hydrogens is 382 g/mol. The van der Waals surface area contributed by atoms with Gasteiger partial charge in [0.25, 0.3) is 0 Å². The Morgan fingerprint density at radius 2 is 1.57 bits per heavy atom. The molecule has 0 aliphatic heterocycles. The minimum atomic E-state index is -0.844. The predicted molar refractivity (Wildman–Crippen MR) is 113 cm³/mol. The molecule has 30 heavy (non-hydrogen) atoms. The quantitative estimate of drug-likeness (QED) is 0.543. The van der Waals surface area contributed by atoms with Crippen LogP contribution in [0.5, 0.6) is 0 Å². The third-order valence-corrected chi connectivity index (χ3v) is 5.18. The summed E-state index contributed by atoms with van der Waals surface area (Å²) in [6.45, 7) is 5.34. The summed E-state index contributed by atoms with van der Waals surface area (Å²) in [5, 5.41) is 5.13. The molecule has 2 aromatic carbocycles. The fourth-order valence-electron chi connectivity index (χ4n) is 3.56. The van der Waals surface area contributed by atoms with E-state index in [9.17, 15) is 14.4 Å². The Hall–Kier alpha value is -3.44. The fourth-order valence-corrected chi connectivity index (χ4v) is 3.56. The summed E-state index contributed by atoms with van der Waals surface area (Å²) in [6, 6.07) is 15.3. The summed E-state index contributed by atoms with van der Waals surface area (Å²) in [6.07, 6.45) is 0.0764. The van der Waals surface area contributed by atoms with Crippen LogP contribution in [-0.4, -0.2) is 36.9 Å². The third-order valence-electron chi connectivity index (χ3n) is 5.18. The number of isocyanates is 1. The average Bonchev–Trinajstić information content (AvgIpc) is 3.05. The van der Waals surface area contributed by atoms with Crippen LogP contribution >= 0.6 is 0 Å². The molecule has 0 saturated heterocycles. The van der Waals surface area contributed by atoms with Gasteiger partial charge in [0.1, 0.15) is 18.8 Å². The standard InChI is InChI=1S/C23H25N3O4/c1-14(2)21(24-13-27)26-22(28)15(3)25-23(29)30-12-20-18-10-6-4-8-16(18)17-9-5-7-11-19(17)20/h4-11,14-15,20-21H,12H2,1-3H3,(H,25,29)(H,26,28)/t15-,21-/m0/s1. The number of alkyl carbamates (subject to hydrolysis) is 1. The summed E-state index contributed by atoms with van der Waals surface area (Å²) in [5.41, 5.74) is 4.52. The number of hydrogen-bond donors (Lipinski definition) is 2. The maximum Gasteiger partial charge on any atom is 0.407 e. The molecule has 0 bridgehead atoms. The fraction of sp³-hybridized carbons (Fsp3) is 0.348. The number of ether oxygens (including phenoxy) is 1. The highest BCUT2D eigenvalue weighted by atomic mass is 16.5. The summed E-state index contributed by atoms with van der Waals surface area (Å²) in [5.74, 6) is -0.599. The first kappa shape index (κ1) is 21.3. The zero-order valence-electron chi connectivity index (χ0n) is 17.2. The number of carbonyl (C=O) groups excluding carboxylic acids is 3. The molecule has 7 heteroatoms. The van der Waals surface area contributed by atoms with Crippen molar-refractivity contribution >= 4 is 18.1 Å². The van der Waals surface area contributed by atoms with Gasteiger partial charge in [0.05, 0.1) is 0 Å². The lowest BCUT2D eigenvalue weighted by Crippen LogP contribution is -2.49. The van der Waals surface area contributed by atoms with E-state index in [0.29, 0.717) is 0 Å². The number of fused-ring (bicyclic) bond motifs is 3. The molecule has 3 rings (SSSR count). The summed E-state index contributed by atoms with van der Waals surface area (Å²) < 4.78 is 5.44. The van der Waals surface area contributed by atoms with Crippen LogP contribution in [0.1, 0.15) is 37.8 Å². The van der Waals surface area contributed by atoms with Crippen molar-refractivity contribution in [3.63, 3.8) is 0 Å². The van der Waals surface area contributed by atoms with Crippen LogP contribution in [-0.2, 0) is 14.3 Å². The first-order valence-electron chi connectivity index (χ1n) is 9.91. The third kappa shape index (κ3) is 4.58. The van der Waals surface area contributed by atoms with Gasteiger partial charge >= 0.3 is 6.09 Å². The Kier molecular flexibility index (Phi) is 6.65. The van der Waals surface area contributed by atoms with Crippen molar-refractivity contribution in [3.05, 3.63) is 59.7 Å². The molecule has 2 aromatic rings. The largest absolute Gasteiger partial charge is 0.449 e. The van der Waals surface area contributed by atoms with Gasteiger partial charge in [-0.05, 0) is 35.1 Å². The minimum absolute atomic E-state index is 0.0560. The first-order valence-corrected chi connectivity index (χ1v) is 9.91. The van der Waals surface area contributed by atoms with Crippen molar-refractivity contribution in [2.75, 3.05) is 6.61 Å². The van der Waals surface area contributed by atoms with Gasteiger partial charge in [-0.3, -0.25) is 4.79 Å². The van der Waals surface area contributed by atoms with E-state index < -0.39 is 24.2 Å². The molecule has 7 nitrogen and oxygen atoms in total. The van der Waals surface area contributed by atoms with Gasteiger partial charge in [-0.1, -0.05) is 62.4 Å². The first-order chi connectivity index (χ1) is 14.4. The van der Waals surface area contributed by atoms with Crippen molar-refractivity contribution in [2.45, 2.75) is 38.9 Å². The van der Waals surface area contributed by atoms with Gasteiger partial charge in [0.15, 0.2) is 0 Å². The van der Waals surface area contributed by atoms with Crippen LogP contribution in [0.15, 0.2) is 53.5 Å². The van der Waals surface area contributed by atoms with Crippen LogP contribution in [0.2, 0.25) is 0 Å². The zero-order chi connectivity index (χ0) is 21.7. The van der Waals surface area contributed by atoms with Gasteiger partial charge in [0.2, 0.25) is 12.0 Å². The van der Waals surface area contributed by atoms with Crippen LogP contribution < -0.4 is 10.6 Å². The summed E-state index contributed by atoms with van der Waals surface area (Å²) in [4.78, 5) is 38.6. The smallest absolute Gasteiger partial charge is 0.407 e. The lowest BCUT2D eigenvalue weighted by molar-refractivity contribution is -0.123. The number of nitrogens with zero attached hydrogens (tertiary/aromatic N) is 1. The molecule has 0 radical (unpaired) electrons. The normalized spacial score (nSPS) is 14.1. The van der Waals surface area contributed by atoms with E-state index in [2.05, 4.69) is 27.8 Å². The Morgan fingerprint density at radius 1 is 1.00 bits per heavy atom. The van der Waals surface area contributed by atoms with Crippen molar-refractivity contribution in [3.8, 4) is 11.1 Å². The number of nitrogens with one attached hydrogen (secondary N) is 2. The highest BCUT2D eigenvalue weighted by molar-refractivity contribution is 5.85. The van der Waals surface area contributed by atoms with Gasteiger partial charge in [0, 0.05) is 5.92 Å². The lowest BCUT2D eigenvalue weighted by Gasteiger charge is -2.20. The molecule has 0 heterocycles. The molecule has 156 valence electrons. The van der Waals surface area contributed by atoms with Crippen molar-refractivity contribution in [1.82, 2.24) is 10.6 Å².